The largest absolute Gasteiger partial charge is 0.281 e. The van der Waals surface area contributed by atoms with Crippen LogP contribution >= 0.6 is 0 Å². The quantitative estimate of drug-likeness (QED) is 0.722. The first kappa shape index (κ1) is 10.5. The van der Waals surface area contributed by atoms with Crippen LogP contribution in [0.25, 0.3) is 12.2 Å². The predicted octanol–water partition coefficient (Wildman–Crippen LogP) is 3.20. The first-order valence-electron chi connectivity index (χ1n) is 4.73. The summed E-state index contributed by atoms with van der Waals surface area (Å²) < 4.78 is 0. The van der Waals surface area contributed by atoms with Crippen molar-refractivity contribution in [1.82, 2.24) is 10.2 Å². The zero-order valence-corrected chi connectivity index (χ0v) is 8.80. The molecule has 0 saturated heterocycles. The van der Waals surface area contributed by atoms with Crippen LogP contribution < -0.4 is 0 Å². The molecule has 0 aliphatic carbocycles. The monoisotopic (exact) mass is 188 g/mol. The standard InChI is InChI=1S/C12H16N2/c1-5-9(4)8-12-10(6-2)11(7-3)13-14-12/h5-6,8H,1-2,7H2,3-4H3,(H,13,14)/b9-8-. The van der Waals surface area contributed by atoms with E-state index in [1.54, 1.807) is 0 Å². The van der Waals surface area contributed by atoms with Gasteiger partial charge in [-0.05, 0) is 25.0 Å². The molecule has 1 rings (SSSR count). The molecule has 0 fully saturated rings. The second-order valence-electron chi connectivity index (χ2n) is 3.15. The Morgan fingerprint density at radius 3 is 2.71 bits per heavy atom. The molecule has 0 aromatic carbocycles. The maximum Gasteiger partial charge on any atom is 0.0926 e. The second kappa shape index (κ2) is 4.61. The van der Waals surface area contributed by atoms with Crippen molar-refractivity contribution in [3.63, 3.8) is 0 Å². The number of allylic oxidation sites excluding steroid dienone is 2. The van der Waals surface area contributed by atoms with E-state index < -0.39 is 0 Å². The van der Waals surface area contributed by atoms with Crippen molar-refractivity contribution in [3.8, 4) is 0 Å². The van der Waals surface area contributed by atoms with Gasteiger partial charge in [0.25, 0.3) is 0 Å². The van der Waals surface area contributed by atoms with Gasteiger partial charge < -0.3 is 0 Å². The summed E-state index contributed by atoms with van der Waals surface area (Å²) in [5, 5.41) is 7.23. The van der Waals surface area contributed by atoms with E-state index in [4.69, 9.17) is 0 Å². The van der Waals surface area contributed by atoms with E-state index in [0.29, 0.717) is 0 Å². The van der Waals surface area contributed by atoms with E-state index in [1.165, 1.54) is 0 Å². The SMILES string of the molecule is C=C/C(C)=C\c1n[nH]c(CC)c1C=C. The summed E-state index contributed by atoms with van der Waals surface area (Å²) >= 11 is 0. The Morgan fingerprint density at radius 2 is 2.21 bits per heavy atom. The minimum absolute atomic E-state index is 0.939. The summed E-state index contributed by atoms with van der Waals surface area (Å²) in [6.45, 7) is 11.6. The number of aryl methyl sites for hydroxylation is 1. The molecule has 14 heavy (non-hydrogen) atoms. The van der Waals surface area contributed by atoms with E-state index in [2.05, 4.69) is 30.3 Å². The smallest absolute Gasteiger partial charge is 0.0926 e. The van der Waals surface area contributed by atoms with Crippen molar-refractivity contribution in [2.75, 3.05) is 0 Å². The molecule has 1 aromatic heterocycles. The molecule has 1 N–H and O–H groups in total. The highest BCUT2D eigenvalue weighted by molar-refractivity contribution is 5.65. The maximum absolute atomic E-state index is 4.23. The van der Waals surface area contributed by atoms with Crippen molar-refractivity contribution >= 4 is 12.2 Å². The molecular weight excluding hydrogens is 172 g/mol. The number of rotatable bonds is 4. The molecule has 0 amide bonds. The van der Waals surface area contributed by atoms with Crippen LogP contribution in [0, 0.1) is 0 Å². The Balaban J connectivity index is 3.15. The van der Waals surface area contributed by atoms with Gasteiger partial charge in [-0.15, -0.1) is 0 Å². The molecule has 0 bridgehead atoms. The molecule has 0 atom stereocenters. The number of H-pyrrole nitrogens is 1. The van der Waals surface area contributed by atoms with Crippen LogP contribution in [-0.4, -0.2) is 10.2 Å². The Labute approximate surface area is 85.0 Å². The molecule has 2 heteroatoms. The summed E-state index contributed by atoms with van der Waals surface area (Å²) in [7, 11) is 0. The van der Waals surface area contributed by atoms with E-state index >= 15 is 0 Å². The van der Waals surface area contributed by atoms with Gasteiger partial charge in [0.2, 0.25) is 0 Å². The lowest BCUT2D eigenvalue weighted by molar-refractivity contribution is 0.970. The molecule has 1 aromatic rings. The average Bonchev–Trinajstić information content (AvgIpc) is 2.59. The molecular formula is C12H16N2. The van der Waals surface area contributed by atoms with Gasteiger partial charge in [0, 0.05) is 11.3 Å². The number of nitrogens with zero attached hydrogens (tertiary/aromatic N) is 1. The Kier molecular flexibility index (Phi) is 3.46. The molecule has 0 aliphatic rings. The van der Waals surface area contributed by atoms with Crippen LogP contribution in [-0.2, 0) is 6.42 Å². The van der Waals surface area contributed by atoms with Gasteiger partial charge in [0.1, 0.15) is 0 Å². The van der Waals surface area contributed by atoms with Gasteiger partial charge in [-0.1, -0.05) is 32.2 Å². The highest BCUT2D eigenvalue weighted by Gasteiger charge is 2.05. The molecule has 0 spiro atoms. The molecule has 0 aliphatic heterocycles. The number of hydrogen-bond donors (Lipinski definition) is 1. The summed E-state index contributed by atoms with van der Waals surface area (Å²) in [6.07, 6.45) is 6.59. The highest BCUT2D eigenvalue weighted by atomic mass is 15.1. The number of aromatic nitrogens is 2. The third kappa shape index (κ3) is 2.02. The minimum Gasteiger partial charge on any atom is -0.281 e. The zero-order chi connectivity index (χ0) is 10.6. The van der Waals surface area contributed by atoms with Crippen molar-refractivity contribution in [2.24, 2.45) is 0 Å². The predicted molar refractivity (Wildman–Crippen MR) is 61.9 cm³/mol. The summed E-state index contributed by atoms with van der Waals surface area (Å²) in [6, 6.07) is 0. The summed E-state index contributed by atoms with van der Waals surface area (Å²) in [5.41, 5.74) is 4.26. The van der Waals surface area contributed by atoms with E-state index in [9.17, 15) is 0 Å². The van der Waals surface area contributed by atoms with Crippen molar-refractivity contribution in [1.29, 1.82) is 0 Å². The highest BCUT2D eigenvalue weighted by Crippen LogP contribution is 2.16. The number of hydrogen-bond acceptors (Lipinski definition) is 1. The number of nitrogens with one attached hydrogen (secondary N) is 1. The van der Waals surface area contributed by atoms with Crippen molar-refractivity contribution in [3.05, 3.63) is 41.8 Å². The molecule has 0 saturated carbocycles. The van der Waals surface area contributed by atoms with E-state index in [0.717, 1.165) is 28.9 Å². The zero-order valence-electron chi connectivity index (χ0n) is 8.80. The van der Waals surface area contributed by atoms with Gasteiger partial charge in [0.15, 0.2) is 0 Å². The van der Waals surface area contributed by atoms with Crippen LogP contribution in [0.15, 0.2) is 24.8 Å². The summed E-state index contributed by atoms with van der Waals surface area (Å²) in [4.78, 5) is 0. The first-order chi connectivity index (χ1) is 6.72. The summed E-state index contributed by atoms with van der Waals surface area (Å²) in [5.74, 6) is 0. The lowest BCUT2D eigenvalue weighted by Gasteiger charge is -1.94. The Morgan fingerprint density at radius 1 is 1.50 bits per heavy atom. The van der Waals surface area contributed by atoms with Gasteiger partial charge in [-0.3, -0.25) is 5.10 Å². The molecule has 74 valence electrons. The Bertz CT molecular complexity index is 370. The molecule has 1 heterocycles. The molecule has 2 nitrogen and oxygen atoms in total. The van der Waals surface area contributed by atoms with E-state index in [-0.39, 0.29) is 0 Å². The van der Waals surface area contributed by atoms with Crippen LogP contribution in [0.1, 0.15) is 30.8 Å². The second-order valence-corrected chi connectivity index (χ2v) is 3.15. The van der Waals surface area contributed by atoms with Crippen LogP contribution in [0.5, 0.6) is 0 Å². The third-order valence-corrected chi connectivity index (χ3v) is 2.16. The topological polar surface area (TPSA) is 28.7 Å². The minimum atomic E-state index is 0.939. The molecule has 0 radical (unpaired) electrons. The third-order valence-electron chi connectivity index (χ3n) is 2.16. The lowest BCUT2D eigenvalue weighted by Crippen LogP contribution is -1.83. The van der Waals surface area contributed by atoms with Gasteiger partial charge in [-0.25, -0.2) is 0 Å². The van der Waals surface area contributed by atoms with Crippen LogP contribution in [0.3, 0.4) is 0 Å². The fraction of sp³-hybridized carbons (Fsp3) is 0.250. The van der Waals surface area contributed by atoms with Crippen LogP contribution in [0.2, 0.25) is 0 Å². The van der Waals surface area contributed by atoms with Crippen LogP contribution in [0.4, 0.5) is 0 Å². The fourth-order valence-electron chi connectivity index (χ4n) is 1.28. The number of aromatic amines is 1. The van der Waals surface area contributed by atoms with Gasteiger partial charge in [0.05, 0.1) is 5.69 Å². The Hall–Kier alpha value is -1.57. The van der Waals surface area contributed by atoms with Gasteiger partial charge in [-0.2, -0.15) is 5.10 Å². The maximum atomic E-state index is 4.23. The molecule has 0 unspecified atom stereocenters. The van der Waals surface area contributed by atoms with Gasteiger partial charge >= 0.3 is 0 Å². The van der Waals surface area contributed by atoms with Crippen molar-refractivity contribution in [2.45, 2.75) is 20.3 Å². The fourth-order valence-corrected chi connectivity index (χ4v) is 1.28. The average molecular weight is 188 g/mol. The lowest BCUT2D eigenvalue weighted by atomic mass is 10.1. The van der Waals surface area contributed by atoms with Crippen molar-refractivity contribution < 1.29 is 0 Å². The van der Waals surface area contributed by atoms with E-state index in [1.807, 2.05) is 25.2 Å². The normalized spacial score (nSPS) is 11.4. The first-order valence-corrected chi connectivity index (χ1v) is 4.73.